The fourth-order valence-electron chi connectivity index (χ4n) is 2.07. The van der Waals surface area contributed by atoms with E-state index in [9.17, 15) is 9.59 Å². The fraction of sp³-hybridized carbons (Fsp3) is 0.158. The molecule has 136 valence electrons. The van der Waals surface area contributed by atoms with Crippen molar-refractivity contribution in [3.63, 3.8) is 0 Å². The average molecular weight is 355 g/mol. The summed E-state index contributed by atoms with van der Waals surface area (Å²) in [5.74, 6) is -0.335. The topological polar surface area (TPSA) is 90.9 Å². The zero-order valence-corrected chi connectivity index (χ0v) is 14.6. The van der Waals surface area contributed by atoms with Gasteiger partial charge in [-0.25, -0.2) is 5.48 Å². The van der Waals surface area contributed by atoms with Crippen LogP contribution in [0.5, 0.6) is 5.75 Å². The summed E-state index contributed by atoms with van der Waals surface area (Å²) in [6.45, 7) is -0.114. The monoisotopic (exact) mass is 355 g/mol. The van der Waals surface area contributed by atoms with Gasteiger partial charge in [0.15, 0.2) is 6.61 Å². The molecule has 7 nitrogen and oxygen atoms in total. The predicted molar refractivity (Wildman–Crippen MR) is 100 cm³/mol. The molecule has 0 aliphatic heterocycles. The maximum Gasteiger partial charge on any atom is 0.267 e. The molecule has 0 radical (unpaired) electrons. The van der Waals surface area contributed by atoms with Crippen molar-refractivity contribution in [3.05, 3.63) is 60.2 Å². The number of hydrogen-bond donors (Lipinski definition) is 3. The van der Waals surface area contributed by atoms with Gasteiger partial charge >= 0.3 is 0 Å². The second-order valence-corrected chi connectivity index (χ2v) is 5.66. The molecule has 0 fully saturated rings. The van der Waals surface area contributed by atoms with E-state index in [4.69, 9.17) is 9.94 Å². The number of nitrogens with zero attached hydrogens (tertiary/aromatic N) is 1. The van der Waals surface area contributed by atoms with Crippen LogP contribution < -0.4 is 20.4 Å². The summed E-state index contributed by atoms with van der Waals surface area (Å²) >= 11 is 0. The molecule has 0 heterocycles. The van der Waals surface area contributed by atoms with Crippen molar-refractivity contribution in [1.29, 1.82) is 0 Å². The quantitative estimate of drug-likeness (QED) is 0.403. The van der Waals surface area contributed by atoms with Crippen LogP contribution in [0.2, 0.25) is 0 Å². The Kier molecular flexibility index (Phi) is 6.75. The Morgan fingerprint density at radius 2 is 1.73 bits per heavy atom. The highest BCUT2D eigenvalue weighted by Crippen LogP contribution is 2.16. The van der Waals surface area contributed by atoms with E-state index in [0.29, 0.717) is 11.4 Å². The Morgan fingerprint density at radius 1 is 1.08 bits per heavy atom. The first kappa shape index (κ1) is 19.0. The third-order valence-electron chi connectivity index (χ3n) is 3.45. The van der Waals surface area contributed by atoms with Gasteiger partial charge in [-0.05, 0) is 48.0 Å². The number of ether oxygens (including phenoxy) is 1. The van der Waals surface area contributed by atoms with Crippen molar-refractivity contribution < 1.29 is 19.5 Å². The zero-order chi connectivity index (χ0) is 18.9. The molecule has 3 N–H and O–H groups in total. The lowest BCUT2D eigenvalue weighted by Crippen LogP contribution is -2.20. The number of amides is 2. The lowest BCUT2D eigenvalue weighted by Gasteiger charge is -2.13. The first-order valence-electron chi connectivity index (χ1n) is 7.90. The van der Waals surface area contributed by atoms with E-state index >= 15 is 0 Å². The molecule has 0 saturated heterocycles. The molecule has 0 aliphatic carbocycles. The predicted octanol–water partition coefficient (Wildman–Crippen LogP) is 2.29. The van der Waals surface area contributed by atoms with Gasteiger partial charge in [-0.3, -0.25) is 14.8 Å². The largest absolute Gasteiger partial charge is 0.484 e. The highest BCUT2D eigenvalue weighted by atomic mass is 16.5. The van der Waals surface area contributed by atoms with Crippen LogP contribution in [0, 0.1) is 0 Å². The van der Waals surface area contributed by atoms with Gasteiger partial charge in [0.05, 0.1) is 0 Å². The van der Waals surface area contributed by atoms with Crippen molar-refractivity contribution in [1.82, 2.24) is 5.48 Å². The third-order valence-corrected chi connectivity index (χ3v) is 3.45. The summed E-state index contributed by atoms with van der Waals surface area (Å²) < 4.78 is 5.44. The van der Waals surface area contributed by atoms with Crippen molar-refractivity contribution in [2.45, 2.75) is 0 Å². The SMILES string of the molecule is CN(C)c1ccc(NC(=O)COc2ccc(C=CC(=O)NO)cc2)cc1. The number of rotatable bonds is 7. The van der Waals surface area contributed by atoms with Crippen molar-refractivity contribution >= 4 is 29.3 Å². The second kappa shape index (κ2) is 9.24. The maximum atomic E-state index is 12.0. The second-order valence-electron chi connectivity index (χ2n) is 5.66. The first-order valence-corrected chi connectivity index (χ1v) is 7.90. The smallest absolute Gasteiger partial charge is 0.267 e. The molecule has 2 amide bonds. The summed E-state index contributed by atoms with van der Waals surface area (Å²) in [7, 11) is 3.90. The molecule has 0 spiro atoms. The standard InChI is InChI=1S/C19H21N3O4/c1-22(2)16-8-6-15(7-9-16)20-19(24)13-26-17-10-3-14(4-11-17)5-12-18(23)21-25/h3-12,25H,13H2,1-2H3,(H,20,24)(H,21,23). The summed E-state index contributed by atoms with van der Waals surface area (Å²) in [6, 6.07) is 14.3. The molecule has 2 aromatic carbocycles. The molecule has 2 rings (SSSR count). The van der Waals surface area contributed by atoms with Gasteiger partial charge in [0.25, 0.3) is 11.8 Å². The fourth-order valence-corrected chi connectivity index (χ4v) is 2.07. The number of hydrogen-bond acceptors (Lipinski definition) is 5. The number of carbonyl (C=O) groups is 2. The van der Waals surface area contributed by atoms with Gasteiger partial charge in [-0.2, -0.15) is 0 Å². The zero-order valence-electron chi connectivity index (χ0n) is 14.6. The Morgan fingerprint density at radius 3 is 2.31 bits per heavy atom. The molecular weight excluding hydrogens is 334 g/mol. The molecule has 26 heavy (non-hydrogen) atoms. The van der Waals surface area contributed by atoms with Crippen molar-refractivity contribution in [3.8, 4) is 5.75 Å². The molecule has 7 heteroatoms. The van der Waals surface area contributed by atoms with Crippen LogP contribution in [0.3, 0.4) is 0 Å². The highest BCUT2D eigenvalue weighted by molar-refractivity contribution is 5.92. The lowest BCUT2D eigenvalue weighted by molar-refractivity contribution is -0.124. The van der Waals surface area contributed by atoms with E-state index in [1.165, 1.54) is 11.6 Å². The van der Waals surface area contributed by atoms with Crippen LogP contribution in [0.25, 0.3) is 6.08 Å². The van der Waals surface area contributed by atoms with Crippen LogP contribution >= 0.6 is 0 Å². The van der Waals surface area contributed by atoms with Gasteiger partial charge < -0.3 is 15.0 Å². The van der Waals surface area contributed by atoms with E-state index < -0.39 is 5.91 Å². The number of anilines is 2. The van der Waals surface area contributed by atoms with Crippen LogP contribution in [0.4, 0.5) is 11.4 Å². The summed E-state index contributed by atoms with van der Waals surface area (Å²) in [5.41, 5.74) is 4.01. The molecule has 0 aromatic heterocycles. The minimum atomic E-state index is -0.611. The molecular formula is C19H21N3O4. The van der Waals surface area contributed by atoms with Crippen molar-refractivity contribution in [2.24, 2.45) is 0 Å². The molecule has 0 saturated carbocycles. The Bertz CT molecular complexity index is 768. The van der Waals surface area contributed by atoms with Crippen molar-refractivity contribution in [2.75, 3.05) is 30.9 Å². The average Bonchev–Trinajstić information content (AvgIpc) is 2.65. The van der Waals surface area contributed by atoms with Gasteiger partial charge in [0.2, 0.25) is 0 Å². The minimum absolute atomic E-state index is 0.114. The number of nitrogens with one attached hydrogen (secondary N) is 2. The molecule has 0 unspecified atom stereocenters. The van der Waals surface area contributed by atoms with Gasteiger partial charge in [0.1, 0.15) is 5.75 Å². The van der Waals surface area contributed by atoms with Crippen LogP contribution in [0.15, 0.2) is 54.6 Å². The van der Waals surface area contributed by atoms with E-state index in [0.717, 1.165) is 11.3 Å². The molecule has 0 aliphatic rings. The number of benzene rings is 2. The highest BCUT2D eigenvalue weighted by Gasteiger charge is 2.04. The molecule has 0 bridgehead atoms. The van der Waals surface area contributed by atoms with Gasteiger partial charge in [0, 0.05) is 31.5 Å². The van der Waals surface area contributed by atoms with E-state index in [1.54, 1.807) is 30.3 Å². The van der Waals surface area contributed by atoms with Crippen LogP contribution in [0.1, 0.15) is 5.56 Å². The summed E-state index contributed by atoms with van der Waals surface area (Å²) in [6.07, 6.45) is 2.74. The van der Waals surface area contributed by atoms with Gasteiger partial charge in [-0.1, -0.05) is 12.1 Å². The number of hydroxylamine groups is 1. The number of carbonyl (C=O) groups excluding carboxylic acids is 2. The van der Waals surface area contributed by atoms with Crippen LogP contribution in [-0.2, 0) is 9.59 Å². The first-order chi connectivity index (χ1) is 12.5. The maximum absolute atomic E-state index is 12.0. The lowest BCUT2D eigenvalue weighted by atomic mass is 10.2. The Labute approximate surface area is 151 Å². The Balaban J connectivity index is 1.83. The van der Waals surface area contributed by atoms with E-state index in [-0.39, 0.29) is 12.5 Å². The minimum Gasteiger partial charge on any atom is -0.484 e. The van der Waals surface area contributed by atoms with Crippen LogP contribution in [-0.4, -0.2) is 37.7 Å². The van der Waals surface area contributed by atoms with E-state index in [2.05, 4.69) is 5.32 Å². The Hall–Kier alpha value is -3.32. The third kappa shape index (κ3) is 5.95. The summed E-state index contributed by atoms with van der Waals surface area (Å²) in [4.78, 5) is 24.8. The molecule has 2 aromatic rings. The summed E-state index contributed by atoms with van der Waals surface area (Å²) in [5, 5.41) is 11.2. The van der Waals surface area contributed by atoms with E-state index in [1.807, 2.05) is 43.3 Å². The molecule has 0 atom stereocenters. The van der Waals surface area contributed by atoms with Gasteiger partial charge in [-0.15, -0.1) is 0 Å². The normalized spacial score (nSPS) is 10.4.